The van der Waals surface area contributed by atoms with Gasteiger partial charge in [0, 0.05) is 32.4 Å². The minimum absolute atomic E-state index is 0.132. The summed E-state index contributed by atoms with van der Waals surface area (Å²) in [5.74, 6) is -0.834. The highest BCUT2D eigenvalue weighted by molar-refractivity contribution is 5.94. The Balaban J connectivity index is 1.75. The molecule has 1 aromatic carbocycles. The lowest BCUT2D eigenvalue weighted by Gasteiger charge is -2.25. The zero-order valence-electron chi connectivity index (χ0n) is 13.1. The van der Waals surface area contributed by atoms with Crippen LogP contribution in [0.2, 0.25) is 0 Å². The first kappa shape index (κ1) is 17.4. The van der Waals surface area contributed by atoms with Crippen molar-refractivity contribution in [2.45, 2.75) is 6.42 Å². The van der Waals surface area contributed by atoms with Crippen molar-refractivity contribution in [2.75, 3.05) is 40.0 Å². The highest BCUT2D eigenvalue weighted by Crippen LogP contribution is 2.29. The average Bonchev–Trinajstić information content (AvgIpc) is 3.02. The van der Waals surface area contributed by atoms with Crippen LogP contribution < -0.4 is 10.6 Å². The highest BCUT2D eigenvalue weighted by atomic mass is 19.1. The SMILES string of the molecule is COC[C@]1(C(=O)NCCNC(=O)c2ccc(F)cc2)CCOC1. The van der Waals surface area contributed by atoms with Gasteiger partial charge in [-0.05, 0) is 30.7 Å². The number of benzene rings is 1. The van der Waals surface area contributed by atoms with E-state index in [4.69, 9.17) is 9.47 Å². The average molecular weight is 324 g/mol. The predicted octanol–water partition coefficient (Wildman–Crippen LogP) is 0.725. The third-order valence-corrected chi connectivity index (χ3v) is 3.81. The number of hydrogen-bond donors (Lipinski definition) is 2. The van der Waals surface area contributed by atoms with Gasteiger partial charge in [0.05, 0.1) is 18.6 Å². The maximum atomic E-state index is 12.8. The van der Waals surface area contributed by atoms with Crippen LogP contribution >= 0.6 is 0 Å². The van der Waals surface area contributed by atoms with E-state index in [0.717, 1.165) is 0 Å². The molecule has 0 unspecified atom stereocenters. The first-order valence-electron chi connectivity index (χ1n) is 7.46. The van der Waals surface area contributed by atoms with Crippen LogP contribution in [0.3, 0.4) is 0 Å². The molecule has 0 aromatic heterocycles. The molecule has 0 spiro atoms. The third-order valence-electron chi connectivity index (χ3n) is 3.81. The van der Waals surface area contributed by atoms with Crippen LogP contribution in [0.15, 0.2) is 24.3 Å². The van der Waals surface area contributed by atoms with Crippen LogP contribution in [0, 0.1) is 11.2 Å². The summed E-state index contributed by atoms with van der Waals surface area (Å²) >= 11 is 0. The number of halogens is 1. The van der Waals surface area contributed by atoms with Crippen LogP contribution in [0.25, 0.3) is 0 Å². The van der Waals surface area contributed by atoms with Crippen LogP contribution in [0.4, 0.5) is 4.39 Å². The number of rotatable bonds is 7. The Hall–Kier alpha value is -1.99. The van der Waals surface area contributed by atoms with Crippen LogP contribution in [0.5, 0.6) is 0 Å². The Labute approximate surface area is 134 Å². The second-order valence-corrected chi connectivity index (χ2v) is 5.53. The van der Waals surface area contributed by atoms with Gasteiger partial charge in [0.1, 0.15) is 5.82 Å². The molecular formula is C16H21FN2O4. The minimum atomic E-state index is -0.643. The van der Waals surface area contributed by atoms with Crippen molar-refractivity contribution < 1.29 is 23.5 Å². The topological polar surface area (TPSA) is 76.7 Å². The first-order valence-corrected chi connectivity index (χ1v) is 7.46. The molecule has 126 valence electrons. The number of amides is 2. The monoisotopic (exact) mass is 324 g/mol. The molecule has 0 radical (unpaired) electrons. The van der Waals surface area contributed by atoms with E-state index in [0.29, 0.717) is 38.3 Å². The van der Waals surface area contributed by atoms with E-state index in [2.05, 4.69) is 10.6 Å². The number of hydrogen-bond acceptors (Lipinski definition) is 4. The van der Waals surface area contributed by atoms with Gasteiger partial charge in [-0.25, -0.2) is 4.39 Å². The number of ether oxygens (including phenoxy) is 2. The van der Waals surface area contributed by atoms with Crippen molar-refractivity contribution in [3.05, 3.63) is 35.6 Å². The molecule has 2 rings (SSSR count). The van der Waals surface area contributed by atoms with E-state index in [1.54, 1.807) is 7.11 Å². The van der Waals surface area contributed by atoms with E-state index >= 15 is 0 Å². The molecule has 0 bridgehead atoms. The smallest absolute Gasteiger partial charge is 0.251 e. The molecule has 0 saturated carbocycles. The summed E-state index contributed by atoms with van der Waals surface area (Å²) in [5, 5.41) is 5.46. The van der Waals surface area contributed by atoms with Gasteiger partial charge in [0.15, 0.2) is 0 Å². The van der Waals surface area contributed by atoms with E-state index in [-0.39, 0.29) is 18.4 Å². The van der Waals surface area contributed by atoms with Gasteiger partial charge in [-0.15, -0.1) is 0 Å². The Morgan fingerprint density at radius 3 is 2.57 bits per heavy atom. The minimum Gasteiger partial charge on any atom is -0.383 e. The van der Waals surface area contributed by atoms with Gasteiger partial charge in [-0.2, -0.15) is 0 Å². The predicted molar refractivity (Wildman–Crippen MR) is 81.5 cm³/mol. The fourth-order valence-electron chi connectivity index (χ4n) is 2.48. The van der Waals surface area contributed by atoms with Gasteiger partial charge in [0.25, 0.3) is 5.91 Å². The fourth-order valence-corrected chi connectivity index (χ4v) is 2.48. The van der Waals surface area contributed by atoms with Crippen LogP contribution in [-0.4, -0.2) is 51.8 Å². The second-order valence-electron chi connectivity index (χ2n) is 5.53. The van der Waals surface area contributed by atoms with Crippen LogP contribution in [0.1, 0.15) is 16.8 Å². The number of carbonyl (C=O) groups excluding carboxylic acids is 2. The maximum absolute atomic E-state index is 12.8. The quantitative estimate of drug-likeness (QED) is 0.725. The molecule has 1 aliphatic rings. The van der Waals surface area contributed by atoms with Crippen molar-refractivity contribution in [1.29, 1.82) is 0 Å². The lowest BCUT2D eigenvalue weighted by Crippen LogP contribution is -2.46. The van der Waals surface area contributed by atoms with E-state index < -0.39 is 11.2 Å². The van der Waals surface area contributed by atoms with Crippen molar-refractivity contribution in [3.8, 4) is 0 Å². The normalized spacial score (nSPS) is 20.3. The van der Waals surface area contributed by atoms with Gasteiger partial charge in [-0.1, -0.05) is 0 Å². The van der Waals surface area contributed by atoms with Gasteiger partial charge < -0.3 is 20.1 Å². The van der Waals surface area contributed by atoms with Crippen molar-refractivity contribution in [2.24, 2.45) is 5.41 Å². The molecule has 2 N–H and O–H groups in total. The van der Waals surface area contributed by atoms with E-state index in [9.17, 15) is 14.0 Å². The molecule has 7 heteroatoms. The number of methoxy groups -OCH3 is 1. The molecule has 1 aliphatic heterocycles. The summed E-state index contributed by atoms with van der Waals surface area (Å²) in [5.41, 5.74) is -0.270. The summed E-state index contributed by atoms with van der Waals surface area (Å²) in [6.45, 7) is 1.77. The van der Waals surface area contributed by atoms with Gasteiger partial charge >= 0.3 is 0 Å². The summed E-state index contributed by atoms with van der Waals surface area (Å²) in [4.78, 5) is 24.1. The third kappa shape index (κ3) is 4.49. The largest absolute Gasteiger partial charge is 0.383 e. The molecule has 2 amide bonds. The standard InChI is InChI=1S/C16H21FN2O4/c1-22-10-16(6-9-23-11-16)15(21)19-8-7-18-14(20)12-2-4-13(17)5-3-12/h2-5H,6-11H2,1H3,(H,18,20)(H,19,21)/t16-/m1/s1. The Morgan fingerprint density at radius 1 is 1.26 bits per heavy atom. The molecule has 1 heterocycles. The molecular weight excluding hydrogens is 303 g/mol. The molecule has 1 atom stereocenters. The molecule has 1 fully saturated rings. The van der Waals surface area contributed by atoms with Gasteiger partial charge in [-0.3, -0.25) is 9.59 Å². The van der Waals surface area contributed by atoms with Crippen molar-refractivity contribution in [3.63, 3.8) is 0 Å². The maximum Gasteiger partial charge on any atom is 0.251 e. The van der Waals surface area contributed by atoms with Crippen molar-refractivity contribution in [1.82, 2.24) is 10.6 Å². The lowest BCUT2D eigenvalue weighted by atomic mass is 9.87. The summed E-state index contributed by atoms with van der Waals surface area (Å²) in [6.07, 6.45) is 0.620. The molecule has 1 aromatic rings. The summed E-state index contributed by atoms with van der Waals surface area (Å²) < 4.78 is 23.2. The van der Waals surface area contributed by atoms with E-state index in [1.165, 1.54) is 24.3 Å². The Morgan fingerprint density at radius 2 is 1.96 bits per heavy atom. The molecule has 0 aliphatic carbocycles. The molecule has 6 nitrogen and oxygen atoms in total. The summed E-state index contributed by atoms with van der Waals surface area (Å²) in [6, 6.07) is 5.27. The molecule has 1 saturated heterocycles. The lowest BCUT2D eigenvalue weighted by molar-refractivity contribution is -0.134. The zero-order chi connectivity index (χ0) is 16.7. The van der Waals surface area contributed by atoms with Crippen molar-refractivity contribution >= 4 is 11.8 Å². The van der Waals surface area contributed by atoms with Gasteiger partial charge in [0.2, 0.25) is 5.91 Å². The van der Waals surface area contributed by atoms with Crippen LogP contribution in [-0.2, 0) is 14.3 Å². The first-order chi connectivity index (χ1) is 11.1. The summed E-state index contributed by atoms with van der Waals surface area (Å²) in [7, 11) is 1.55. The Bertz CT molecular complexity index is 542. The Kier molecular flexibility index (Phi) is 6.06. The second kappa shape index (κ2) is 8.03. The number of carbonyl (C=O) groups is 2. The highest BCUT2D eigenvalue weighted by Gasteiger charge is 2.42. The molecule has 23 heavy (non-hydrogen) atoms. The zero-order valence-corrected chi connectivity index (χ0v) is 13.1. The number of nitrogens with one attached hydrogen (secondary N) is 2. The fraction of sp³-hybridized carbons (Fsp3) is 0.500. The van der Waals surface area contributed by atoms with E-state index in [1.807, 2.05) is 0 Å².